The third kappa shape index (κ3) is 3.15. The number of hydrogen-bond donors (Lipinski definition) is 1. The van der Waals surface area contributed by atoms with Crippen LogP contribution in [0.1, 0.15) is 86.7 Å². The number of carbonyl (C=O) groups excluding carboxylic acids is 2. The first-order chi connectivity index (χ1) is 12.7. The van der Waals surface area contributed by atoms with Gasteiger partial charge in [-0.3, -0.25) is 9.59 Å². The van der Waals surface area contributed by atoms with Crippen LogP contribution in [-0.2, 0) is 4.79 Å². The maximum atomic E-state index is 13.3. The van der Waals surface area contributed by atoms with Crippen molar-refractivity contribution in [3.8, 4) is 0 Å². The molecule has 2 aliphatic carbocycles. The van der Waals surface area contributed by atoms with Gasteiger partial charge in [-0.25, -0.2) is 0 Å². The second kappa shape index (κ2) is 7.42. The first-order valence-corrected chi connectivity index (χ1v) is 10.4. The average molecular weight is 354 g/mol. The molecule has 3 aliphatic rings. The molecule has 26 heavy (non-hydrogen) atoms. The van der Waals surface area contributed by atoms with Crippen LogP contribution in [0.3, 0.4) is 0 Å². The van der Waals surface area contributed by atoms with Crippen molar-refractivity contribution >= 4 is 11.8 Å². The normalized spacial score (nSPS) is 29.5. The zero-order valence-corrected chi connectivity index (χ0v) is 15.7. The highest BCUT2D eigenvalue weighted by atomic mass is 16.2. The molecular weight excluding hydrogens is 324 g/mol. The van der Waals surface area contributed by atoms with E-state index in [2.05, 4.69) is 12.2 Å². The SMILES string of the molecule is CC1CCCCC1N1C(=O)c2ccccc2C1C(=O)NC1CCCCC1. The van der Waals surface area contributed by atoms with Gasteiger partial charge in [-0.15, -0.1) is 0 Å². The van der Waals surface area contributed by atoms with Gasteiger partial charge in [0, 0.05) is 17.6 Å². The second-order valence-electron chi connectivity index (χ2n) is 8.37. The van der Waals surface area contributed by atoms with E-state index in [1.165, 1.54) is 25.7 Å². The van der Waals surface area contributed by atoms with Gasteiger partial charge in [-0.1, -0.05) is 57.2 Å². The fourth-order valence-corrected chi connectivity index (χ4v) is 5.18. The molecule has 4 rings (SSSR count). The van der Waals surface area contributed by atoms with Crippen LogP contribution in [0.25, 0.3) is 0 Å². The number of amides is 2. The summed E-state index contributed by atoms with van der Waals surface area (Å²) in [5, 5.41) is 3.27. The zero-order valence-electron chi connectivity index (χ0n) is 15.7. The predicted octanol–water partition coefficient (Wildman–Crippen LogP) is 4.21. The lowest BCUT2D eigenvalue weighted by molar-refractivity contribution is -0.127. The van der Waals surface area contributed by atoms with E-state index in [1.54, 1.807) is 0 Å². The molecule has 3 unspecified atom stereocenters. The molecule has 2 fully saturated rings. The first kappa shape index (κ1) is 17.6. The molecule has 1 heterocycles. The maximum Gasteiger partial charge on any atom is 0.255 e. The van der Waals surface area contributed by atoms with Crippen LogP contribution in [0.15, 0.2) is 24.3 Å². The molecule has 4 nitrogen and oxygen atoms in total. The van der Waals surface area contributed by atoms with Gasteiger partial charge in [0.25, 0.3) is 5.91 Å². The Hall–Kier alpha value is -1.84. The second-order valence-corrected chi connectivity index (χ2v) is 8.37. The van der Waals surface area contributed by atoms with Crippen molar-refractivity contribution in [2.45, 2.75) is 82.8 Å². The van der Waals surface area contributed by atoms with E-state index in [0.717, 1.165) is 37.7 Å². The first-order valence-electron chi connectivity index (χ1n) is 10.4. The van der Waals surface area contributed by atoms with Crippen LogP contribution in [0.2, 0.25) is 0 Å². The maximum absolute atomic E-state index is 13.3. The lowest BCUT2D eigenvalue weighted by Gasteiger charge is -2.39. The Labute approximate surface area is 156 Å². The molecule has 1 aliphatic heterocycles. The third-order valence-corrected chi connectivity index (χ3v) is 6.62. The summed E-state index contributed by atoms with van der Waals surface area (Å²) < 4.78 is 0. The molecule has 0 aromatic heterocycles. The minimum atomic E-state index is -0.453. The van der Waals surface area contributed by atoms with E-state index >= 15 is 0 Å². The Morgan fingerprint density at radius 3 is 2.46 bits per heavy atom. The molecule has 140 valence electrons. The third-order valence-electron chi connectivity index (χ3n) is 6.62. The number of benzene rings is 1. The van der Waals surface area contributed by atoms with Crippen molar-refractivity contribution in [2.24, 2.45) is 5.92 Å². The Kier molecular flexibility index (Phi) is 5.01. The molecule has 0 spiro atoms. The Morgan fingerprint density at radius 2 is 1.69 bits per heavy atom. The highest BCUT2D eigenvalue weighted by molar-refractivity contribution is 6.05. The zero-order chi connectivity index (χ0) is 18.1. The van der Waals surface area contributed by atoms with Gasteiger partial charge in [0.2, 0.25) is 5.91 Å². The predicted molar refractivity (Wildman–Crippen MR) is 102 cm³/mol. The van der Waals surface area contributed by atoms with Crippen molar-refractivity contribution in [3.63, 3.8) is 0 Å². The summed E-state index contributed by atoms with van der Waals surface area (Å²) in [6, 6.07) is 7.68. The molecular formula is C22H30N2O2. The highest BCUT2D eigenvalue weighted by Gasteiger charge is 2.46. The molecule has 2 amide bonds. The summed E-state index contributed by atoms with van der Waals surface area (Å²) >= 11 is 0. The molecule has 4 heteroatoms. The minimum Gasteiger partial charge on any atom is -0.351 e. The quantitative estimate of drug-likeness (QED) is 0.884. The van der Waals surface area contributed by atoms with Gasteiger partial charge in [0.15, 0.2) is 0 Å². The van der Waals surface area contributed by atoms with Crippen LogP contribution in [0.4, 0.5) is 0 Å². The van der Waals surface area contributed by atoms with Crippen LogP contribution >= 0.6 is 0 Å². The molecule has 3 atom stereocenters. The van der Waals surface area contributed by atoms with E-state index in [1.807, 2.05) is 29.2 Å². The molecule has 1 aromatic rings. The van der Waals surface area contributed by atoms with Crippen molar-refractivity contribution < 1.29 is 9.59 Å². The number of fused-ring (bicyclic) bond motifs is 1. The molecule has 1 N–H and O–H groups in total. The summed E-state index contributed by atoms with van der Waals surface area (Å²) in [4.78, 5) is 28.4. The van der Waals surface area contributed by atoms with Gasteiger partial charge in [0.05, 0.1) is 0 Å². The van der Waals surface area contributed by atoms with Crippen LogP contribution in [0, 0.1) is 5.92 Å². The number of nitrogens with zero attached hydrogens (tertiary/aromatic N) is 1. The monoisotopic (exact) mass is 354 g/mol. The average Bonchev–Trinajstić information content (AvgIpc) is 2.96. The lowest BCUT2D eigenvalue weighted by atomic mass is 9.84. The van der Waals surface area contributed by atoms with E-state index < -0.39 is 6.04 Å². The van der Waals surface area contributed by atoms with E-state index in [9.17, 15) is 9.59 Å². The standard InChI is InChI=1S/C22H30N2O2/c1-15-9-5-8-14-19(15)24-20(17-12-6-7-13-18(17)22(24)26)21(25)23-16-10-3-2-4-11-16/h6-7,12-13,15-16,19-20H,2-5,8-11,14H2,1H3,(H,23,25). The van der Waals surface area contributed by atoms with Gasteiger partial charge >= 0.3 is 0 Å². The van der Waals surface area contributed by atoms with Gasteiger partial charge < -0.3 is 10.2 Å². The molecule has 1 aromatic carbocycles. The largest absolute Gasteiger partial charge is 0.351 e. The molecule has 0 saturated heterocycles. The smallest absolute Gasteiger partial charge is 0.255 e. The van der Waals surface area contributed by atoms with Crippen LogP contribution < -0.4 is 5.32 Å². The minimum absolute atomic E-state index is 0.0213. The highest BCUT2D eigenvalue weighted by Crippen LogP contribution is 2.40. The molecule has 2 saturated carbocycles. The van der Waals surface area contributed by atoms with Gasteiger partial charge in [0.1, 0.15) is 6.04 Å². The number of carbonyl (C=O) groups is 2. The Morgan fingerprint density at radius 1 is 1.00 bits per heavy atom. The van der Waals surface area contributed by atoms with Gasteiger partial charge in [-0.05, 0) is 43.2 Å². The fraction of sp³-hybridized carbons (Fsp3) is 0.636. The van der Waals surface area contributed by atoms with Crippen molar-refractivity contribution in [2.75, 3.05) is 0 Å². The van der Waals surface area contributed by atoms with Crippen molar-refractivity contribution in [1.29, 1.82) is 0 Å². The Balaban J connectivity index is 1.63. The molecule has 0 radical (unpaired) electrons. The van der Waals surface area contributed by atoms with Gasteiger partial charge in [-0.2, -0.15) is 0 Å². The Bertz CT molecular complexity index is 680. The fourth-order valence-electron chi connectivity index (χ4n) is 5.18. The van der Waals surface area contributed by atoms with Crippen molar-refractivity contribution in [3.05, 3.63) is 35.4 Å². The number of hydrogen-bond acceptors (Lipinski definition) is 2. The van der Waals surface area contributed by atoms with Crippen molar-refractivity contribution in [1.82, 2.24) is 10.2 Å². The van der Waals surface area contributed by atoms with Crippen LogP contribution in [-0.4, -0.2) is 28.8 Å². The van der Waals surface area contributed by atoms with E-state index in [-0.39, 0.29) is 23.9 Å². The summed E-state index contributed by atoms with van der Waals surface area (Å²) in [6.45, 7) is 2.23. The number of rotatable bonds is 3. The van der Waals surface area contributed by atoms with E-state index in [0.29, 0.717) is 11.5 Å². The topological polar surface area (TPSA) is 49.4 Å². The molecule has 0 bridgehead atoms. The van der Waals surface area contributed by atoms with Crippen LogP contribution in [0.5, 0.6) is 0 Å². The summed E-state index contributed by atoms with van der Waals surface area (Å²) in [7, 11) is 0. The number of nitrogens with one attached hydrogen (secondary N) is 1. The lowest BCUT2D eigenvalue weighted by Crippen LogP contribution is -2.49. The summed E-state index contributed by atoms with van der Waals surface area (Å²) in [5.74, 6) is 0.517. The van der Waals surface area contributed by atoms with E-state index in [4.69, 9.17) is 0 Å². The summed E-state index contributed by atoms with van der Waals surface area (Å²) in [5.41, 5.74) is 1.61. The summed E-state index contributed by atoms with van der Waals surface area (Å²) in [6.07, 6.45) is 10.3.